The van der Waals surface area contributed by atoms with Gasteiger partial charge in [0, 0.05) is 23.5 Å². The molecule has 0 aromatic heterocycles. The molecule has 2 heteroatoms. The van der Waals surface area contributed by atoms with Gasteiger partial charge in [0.2, 0.25) is 0 Å². The summed E-state index contributed by atoms with van der Waals surface area (Å²) >= 11 is 0. The largest absolute Gasteiger partial charge is 0.489 e. The lowest BCUT2D eigenvalue weighted by atomic mass is 9.71. The van der Waals surface area contributed by atoms with Crippen LogP contribution in [-0.2, 0) is 24.7 Å². The lowest BCUT2D eigenvalue weighted by molar-refractivity contribution is 0.359. The molecular formula is C57H51NO. The summed E-state index contributed by atoms with van der Waals surface area (Å²) in [6, 6.07) is 41.3. The van der Waals surface area contributed by atoms with Crippen molar-refractivity contribution in [3.8, 4) is 5.75 Å². The molecule has 1 atom stereocenters. The van der Waals surface area contributed by atoms with Crippen molar-refractivity contribution in [2.45, 2.75) is 49.9 Å². The van der Waals surface area contributed by atoms with E-state index >= 15 is 0 Å². The first-order valence-corrected chi connectivity index (χ1v) is 21.1. The summed E-state index contributed by atoms with van der Waals surface area (Å²) in [4.78, 5) is 2.23. The van der Waals surface area contributed by atoms with E-state index in [1.54, 1.807) is 0 Å². The first-order chi connectivity index (χ1) is 29.1. The van der Waals surface area contributed by atoms with Gasteiger partial charge < -0.3 is 9.64 Å². The summed E-state index contributed by atoms with van der Waals surface area (Å²) in [7, 11) is 0. The zero-order chi connectivity index (χ0) is 40.0. The molecule has 0 fully saturated rings. The highest BCUT2D eigenvalue weighted by atomic mass is 16.5. The van der Waals surface area contributed by atoms with Gasteiger partial charge in [0.25, 0.3) is 0 Å². The van der Waals surface area contributed by atoms with E-state index in [0.717, 1.165) is 61.2 Å². The predicted molar refractivity (Wildman–Crippen MR) is 248 cm³/mol. The minimum atomic E-state index is -0.420. The molecule has 0 N–H and O–H groups in total. The summed E-state index contributed by atoms with van der Waals surface area (Å²) in [5.41, 5.74) is 16.1. The molecule has 5 aromatic carbocycles. The molecule has 0 saturated heterocycles. The molecule has 1 aliphatic heterocycles. The third-order valence-corrected chi connectivity index (χ3v) is 12.4. The van der Waals surface area contributed by atoms with E-state index in [0.29, 0.717) is 6.61 Å². The van der Waals surface area contributed by atoms with Crippen LogP contribution in [0.1, 0.15) is 80.8 Å². The highest BCUT2D eigenvalue weighted by molar-refractivity contribution is 5.87. The maximum atomic E-state index is 6.18. The number of ether oxygens (including phenoxy) is 1. The van der Waals surface area contributed by atoms with Crippen LogP contribution in [0.15, 0.2) is 207 Å². The van der Waals surface area contributed by atoms with Crippen molar-refractivity contribution in [2.24, 2.45) is 0 Å². The zero-order valence-corrected chi connectivity index (χ0v) is 33.8. The monoisotopic (exact) mass is 765 g/mol. The quantitative estimate of drug-likeness (QED) is 0.0981. The molecule has 9 rings (SSSR count). The van der Waals surface area contributed by atoms with E-state index < -0.39 is 5.41 Å². The van der Waals surface area contributed by atoms with Gasteiger partial charge in [-0.3, -0.25) is 0 Å². The van der Waals surface area contributed by atoms with Gasteiger partial charge in [0.15, 0.2) is 0 Å². The van der Waals surface area contributed by atoms with Gasteiger partial charge in [-0.2, -0.15) is 0 Å². The molecule has 2 nitrogen and oxygen atoms in total. The third-order valence-electron chi connectivity index (χ3n) is 12.4. The molecule has 3 aliphatic carbocycles. The van der Waals surface area contributed by atoms with Gasteiger partial charge in [0.05, 0.1) is 5.41 Å². The van der Waals surface area contributed by atoms with Crippen molar-refractivity contribution in [2.75, 3.05) is 6.61 Å². The average Bonchev–Trinajstić information content (AvgIpc) is 3.68. The molecule has 5 aromatic rings. The van der Waals surface area contributed by atoms with Crippen LogP contribution in [0.2, 0.25) is 0 Å². The van der Waals surface area contributed by atoms with Crippen LogP contribution >= 0.6 is 0 Å². The van der Waals surface area contributed by atoms with E-state index in [4.69, 9.17) is 11.3 Å². The number of fused-ring (bicyclic) bond motifs is 5. The summed E-state index contributed by atoms with van der Waals surface area (Å²) in [5.74, 6) is 1.09. The van der Waals surface area contributed by atoms with Gasteiger partial charge in [-0.05, 0) is 124 Å². The second-order valence-corrected chi connectivity index (χ2v) is 15.8. The van der Waals surface area contributed by atoms with E-state index in [1.807, 2.05) is 6.07 Å². The molecule has 0 radical (unpaired) electrons. The smallest absolute Gasteiger partial charge is 0.123 e. The minimum absolute atomic E-state index is 0.170. The van der Waals surface area contributed by atoms with Gasteiger partial charge in [-0.25, -0.2) is 0 Å². The van der Waals surface area contributed by atoms with Gasteiger partial charge in [-0.1, -0.05) is 170 Å². The second kappa shape index (κ2) is 17.1. The van der Waals surface area contributed by atoms with Gasteiger partial charge in [0.1, 0.15) is 12.4 Å². The van der Waals surface area contributed by atoms with Crippen molar-refractivity contribution in [3.63, 3.8) is 0 Å². The fraction of sp³-hybridized carbons (Fsp3) is 0.158. The van der Waals surface area contributed by atoms with Gasteiger partial charge in [-0.15, -0.1) is 6.58 Å². The number of benzene rings is 5. The van der Waals surface area contributed by atoms with Crippen LogP contribution in [0.3, 0.4) is 0 Å². The van der Waals surface area contributed by atoms with Crippen LogP contribution < -0.4 is 4.74 Å². The maximum Gasteiger partial charge on any atom is 0.123 e. The van der Waals surface area contributed by atoms with Crippen LogP contribution in [0, 0.1) is 0 Å². The number of para-hydroxylation sites is 1. The molecule has 1 heterocycles. The van der Waals surface area contributed by atoms with Gasteiger partial charge >= 0.3 is 0 Å². The number of allylic oxidation sites excluding steroid dienone is 10. The Hall–Kier alpha value is -6.64. The highest BCUT2D eigenvalue weighted by Crippen LogP contribution is 2.50. The van der Waals surface area contributed by atoms with Crippen LogP contribution in [0.4, 0.5) is 0 Å². The van der Waals surface area contributed by atoms with E-state index in [2.05, 4.69) is 200 Å². The number of rotatable bonds is 11. The van der Waals surface area contributed by atoms with E-state index in [1.165, 1.54) is 55.6 Å². The molecular weight excluding hydrogens is 715 g/mol. The first-order valence-electron chi connectivity index (χ1n) is 21.1. The van der Waals surface area contributed by atoms with Crippen molar-refractivity contribution < 1.29 is 4.74 Å². The molecule has 0 saturated carbocycles. The second-order valence-electron chi connectivity index (χ2n) is 15.8. The normalized spacial score (nSPS) is 18.1. The molecule has 1 unspecified atom stereocenters. The van der Waals surface area contributed by atoms with Crippen molar-refractivity contribution >= 4 is 17.7 Å². The lowest BCUT2D eigenvalue weighted by Gasteiger charge is -2.30. The molecule has 290 valence electrons. The Labute approximate surface area is 350 Å². The summed E-state index contributed by atoms with van der Waals surface area (Å²) in [5, 5.41) is 0. The SMILES string of the molecule is C=CC(C/C=C/N(C(=C)/C=C\C1=CC(c2ccccc2)(c2ccccc2)c2ccccc21)C1=C/Cc2ccccc2OC/C=C\1)c1cc2c(c3c1C=CCC3)CCC=C2. The zero-order valence-electron chi connectivity index (χ0n) is 33.8. The fourth-order valence-corrected chi connectivity index (χ4v) is 9.45. The Bertz CT molecular complexity index is 2550. The summed E-state index contributed by atoms with van der Waals surface area (Å²) < 4.78 is 6.18. The molecule has 0 amide bonds. The summed E-state index contributed by atoms with van der Waals surface area (Å²) in [6.45, 7) is 9.57. The average molecular weight is 766 g/mol. The Morgan fingerprint density at radius 2 is 1.49 bits per heavy atom. The first kappa shape index (κ1) is 37.9. The fourth-order valence-electron chi connectivity index (χ4n) is 9.45. The summed E-state index contributed by atoms with van der Waals surface area (Å²) in [6.07, 6.45) is 35.4. The molecule has 0 bridgehead atoms. The topological polar surface area (TPSA) is 12.5 Å². The van der Waals surface area contributed by atoms with Crippen LogP contribution in [0.5, 0.6) is 5.75 Å². The van der Waals surface area contributed by atoms with Crippen molar-refractivity contribution in [3.05, 3.63) is 262 Å². The number of nitrogens with zero attached hydrogens (tertiary/aromatic N) is 1. The molecule has 59 heavy (non-hydrogen) atoms. The predicted octanol–water partition coefficient (Wildman–Crippen LogP) is 13.7. The van der Waals surface area contributed by atoms with Crippen LogP contribution in [0.25, 0.3) is 17.7 Å². The molecule has 0 spiro atoms. The Kier molecular flexibility index (Phi) is 11.0. The van der Waals surface area contributed by atoms with Crippen LogP contribution in [-0.4, -0.2) is 11.5 Å². The van der Waals surface area contributed by atoms with E-state index in [-0.39, 0.29) is 5.92 Å². The Balaban J connectivity index is 1.08. The molecule has 4 aliphatic rings. The van der Waals surface area contributed by atoms with Crippen molar-refractivity contribution in [1.29, 1.82) is 0 Å². The van der Waals surface area contributed by atoms with Crippen molar-refractivity contribution in [1.82, 2.24) is 4.90 Å². The maximum absolute atomic E-state index is 6.18. The Morgan fingerprint density at radius 3 is 2.29 bits per heavy atom. The number of hydrogen-bond acceptors (Lipinski definition) is 2. The standard InChI is InChI=1S/C57H51NO/c1-3-43(54-40-45-21-10-12-28-50(45)52-30-13-14-31-53(52)54)22-18-38-58(49-27-19-39-59-56-33-17-11-20-44(56)36-37-49)42(2)34-35-46-41-57(47-23-6-4-7-24-47,48-25-8-5-9-26-48)55-32-16-15-29-51(46)55/h3-11,14-21,23-27,29,31-35,37-38,40-41,43H,1-2,12-13,22,28,30,36,39H2/b27-19-,35-34-,38-18+,49-37+. The lowest BCUT2D eigenvalue weighted by Crippen LogP contribution is -2.25. The highest BCUT2D eigenvalue weighted by Gasteiger charge is 2.40. The Morgan fingerprint density at radius 1 is 0.780 bits per heavy atom. The minimum Gasteiger partial charge on any atom is -0.489 e. The number of hydrogen-bond donors (Lipinski definition) is 0. The third kappa shape index (κ3) is 7.48. The van der Waals surface area contributed by atoms with E-state index in [9.17, 15) is 0 Å².